The van der Waals surface area contributed by atoms with Gasteiger partial charge in [-0.3, -0.25) is 58.5 Å². The highest BCUT2D eigenvalue weighted by Gasteiger charge is 2.39. The summed E-state index contributed by atoms with van der Waals surface area (Å²) in [5.74, 6) is -2.79. The summed E-state index contributed by atoms with van der Waals surface area (Å²) in [5, 5.41) is 13.2. The molecule has 10 aromatic heterocycles. The second kappa shape index (κ2) is 47.4. The van der Waals surface area contributed by atoms with Gasteiger partial charge in [0.05, 0.1) is 128 Å². The van der Waals surface area contributed by atoms with Gasteiger partial charge in [0.15, 0.2) is 5.78 Å². The van der Waals surface area contributed by atoms with Crippen LogP contribution >= 0.6 is 69.3 Å². The highest BCUT2D eigenvalue weighted by atomic mass is 35.5. The van der Waals surface area contributed by atoms with Crippen LogP contribution in [-0.4, -0.2) is 100 Å². The molecular formula is C104H75Cl5F12N14O9S. The van der Waals surface area contributed by atoms with Gasteiger partial charge in [-0.25, -0.2) is 24.8 Å². The molecule has 23 nitrogen and oxygen atoms in total. The molecule has 0 saturated heterocycles. The largest absolute Gasteiger partial charge is 0.497 e. The molecule has 0 aliphatic rings. The Morgan fingerprint density at radius 3 is 0.945 bits per heavy atom. The van der Waals surface area contributed by atoms with E-state index in [1.807, 2.05) is 49.4 Å². The number of thiophene rings is 1. The number of halogens is 17. The summed E-state index contributed by atoms with van der Waals surface area (Å²) < 4.78 is 166. The van der Waals surface area contributed by atoms with Crippen molar-refractivity contribution in [3.63, 3.8) is 0 Å². The monoisotopic (exact) mass is 2100 g/mol. The summed E-state index contributed by atoms with van der Waals surface area (Å²) in [6, 6.07) is 64.4. The minimum absolute atomic E-state index is 0.0120. The van der Waals surface area contributed by atoms with E-state index in [1.165, 1.54) is 70.7 Å². The number of alkyl halides is 12. The molecule has 0 radical (unpaired) electrons. The van der Waals surface area contributed by atoms with Gasteiger partial charge in [0.25, 0.3) is 35.4 Å². The van der Waals surface area contributed by atoms with E-state index < -0.39 is 71.1 Å². The number of nitrogens with one attached hydrogen (secondary N) is 4. The quantitative estimate of drug-likeness (QED) is 0.0332. The summed E-state index contributed by atoms with van der Waals surface area (Å²) in [4.78, 5) is 126. The first-order chi connectivity index (χ1) is 68.7. The molecule has 0 saturated carbocycles. The number of hydrogen-bond acceptors (Lipinski definition) is 19. The maximum Gasteiger partial charge on any atom is 0.433 e. The van der Waals surface area contributed by atoms with Crippen molar-refractivity contribution in [1.29, 1.82) is 0 Å². The first-order valence-electron chi connectivity index (χ1n) is 42.5. The average Bonchev–Trinajstić information content (AvgIpc) is 0.902. The number of aromatic nitrogens is 9. The Labute approximate surface area is 848 Å². The van der Waals surface area contributed by atoms with Crippen molar-refractivity contribution in [2.75, 3.05) is 40.4 Å². The lowest BCUT2D eigenvalue weighted by Gasteiger charge is -2.24. The number of pyridine rings is 9. The van der Waals surface area contributed by atoms with Crippen LogP contribution in [0.2, 0.25) is 25.1 Å². The maximum absolute atomic E-state index is 13.7. The van der Waals surface area contributed by atoms with Gasteiger partial charge in [0.2, 0.25) is 0 Å². The summed E-state index contributed by atoms with van der Waals surface area (Å²) in [5.41, 5.74) is 3.77. The molecule has 740 valence electrons. The first-order valence-corrected chi connectivity index (χ1v) is 45.2. The molecule has 41 heteroatoms. The number of methoxy groups -OCH3 is 2. The van der Waals surface area contributed by atoms with E-state index in [0.717, 1.165) is 78.3 Å². The Bertz CT molecular complexity index is 7420. The zero-order valence-electron chi connectivity index (χ0n) is 76.6. The fraction of sp³-hybridized carbons (Fsp3) is 0.115. The molecule has 6 aromatic carbocycles. The van der Waals surface area contributed by atoms with Gasteiger partial charge in [0, 0.05) is 93.2 Å². The highest BCUT2D eigenvalue weighted by Crippen LogP contribution is 2.41. The number of ketones is 1. The molecule has 10 heterocycles. The molecule has 145 heavy (non-hydrogen) atoms. The van der Waals surface area contributed by atoms with E-state index >= 15 is 0 Å². The number of amides is 6. The van der Waals surface area contributed by atoms with Crippen molar-refractivity contribution < 1.29 is 95.7 Å². The van der Waals surface area contributed by atoms with E-state index in [9.17, 15) is 86.2 Å². The topological polar surface area (TPSA) is 305 Å². The Balaban J connectivity index is 0.000000163. The molecular weight excluding hydrogens is 2030 g/mol. The van der Waals surface area contributed by atoms with Crippen LogP contribution < -0.4 is 35.6 Å². The van der Waals surface area contributed by atoms with E-state index in [4.69, 9.17) is 67.5 Å². The Morgan fingerprint density at radius 2 is 0.628 bits per heavy atom. The van der Waals surface area contributed by atoms with Crippen LogP contribution in [0.3, 0.4) is 0 Å². The number of aryl methyl sites for hydroxylation is 5. The SMILES string of the molecule is CC(=O)c1ccc(C(=O)Nc2ccc(Cl)c(-c3ccccn3)c2)s1.COc1cc(OC)cc(C(=O)Nc2ccc(Cl)c(-c3ccccn3)c2)c1.Cc1cccnc1-c1cc(NC(=O)c2ccc(C(F)(F)F)nc2C)ccc1Cl.Cc1nc(C(F)(F)F)ccc1C(=O)N(C(=O)c1ccc(C(F)(F)F)nc1C)c1ccc(Cl)c(-c2ccccn2)c1.Cc1nc(C(F)(F)F)ccc1C(=O)Nc1ccc(Cl)c(-c2ccccn2)c1. The van der Waals surface area contributed by atoms with Gasteiger partial charge in [-0.15, -0.1) is 11.3 Å². The number of rotatable bonds is 19. The number of ether oxygens (including phenoxy) is 2. The van der Waals surface area contributed by atoms with Gasteiger partial charge in [-0.05, 0) is 265 Å². The lowest BCUT2D eigenvalue weighted by molar-refractivity contribution is -0.142. The van der Waals surface area contributed by atoms with Gasteiger partial charge in [-0.1, -0.05) is 88.3 Å². The van der Waals surface area contributed by atoms with E-state index in [1.54, 1.807) is 170 Å². The van der Waals surface area contributed by atoms with Crippen LogP contribution in [-0.2, 0) is 24.7 Å². The number of carbonyl (C=O) groups is 7. The number of nitrogens with zero attached hydrogens (tertiary/aromatic N) is 10. The lowest BCUT2D eigenvalue weighted by Crippen LogP contribution is -2.38. The smallest absolute Gasteiger partial charge is 0.433 e. The van der Waals surface area contributed by atoms with Crippen molar-refractivity contribution in [3.05, 3.63) is 400 Å². The van der Waals surface area contributed by atoms with Gasteiger partial charge < -0.3 is 30.7 Å². The molecule has 0 spiro atoms. The van der Waals surface area contributed by atoms with E-state index in [0.29, 0.717) is 120 Å². The number of anilines is 5. The van der Waals surface area contributed by atoms with Gasteiger partial charge in [0.1, 0.15) is 34.3 Å². The van der Waals surface area contributed by atoms with Crippen LogP contribution in [0.4, 0.5) is 81.1 Å². The number of hydrogen-bond donors (Lipinski definition) is 4. The minimum Gasteiger partial charge on any atom is -0.497 e. The summed E-state index contributed by atoms with van der Waals surface area (Å²) in [6.45, 7) is 8.40. The van der Waals surface area contributed by atoms with E-state index in [-0.39, 0.29) is 73.3 Å². The fourth-order valence-electron chi connectivity index (χ4n) is 13.6. The van der Waals surface area contributed by atoms with Crippen molar-refractivity contribution >= 4 is 139 Å². The number of Topliss-reactive ketones (excluding diaryl/α,β-unsaturated/α-hetero) is 1. The minimum atomic E-state index is -4.78. The van der Waals surface area contributed by atoms with Crippen molar-refractivity contribution in [2.45, 2.75) is 66.2 Å². The summed E-state index contributed by atoms with van der Waals surface area (Å²) in [7, 11) is 3.07. The molecule has 0 fully saturated rings. The van der Waals surface area contributed by atoms with Crippen LogP contribution in [0.1, 0.15) is 129 Å². The average molecular weight is 2100 g/mol. The molecule has 0 aliphatic heterocycles. The second-order valence-electron chi connectivity index (χ2n) is 30.9. The highest BCUT2D eigenvalue weighted by molar-refractivity contribution is 7.16. The summed E-state index contributed by atoms with van der Waals surface area (Å²) >= 11 is 32.5. The van der Waals surface area contributed by atoms with Crippen LogP contribution in [0.5, 0.6) is 11.5 Å². The fourth-order valence-corrected chi connectivity index (χ4v) is 15.5. The predicted molar refractivity (Wildman–Crippen MR) is 531 cm³/mol. The Morgan fingerprint density at radius 1 is 0.317 bits per heavy atom. The zero-order chi connectivity index (χ0) is 105. The molecule has 6 amide bonds. The van der Waals surface area contributed by atoms with Gasteiger partial charge >= 0.3 is 24.7 Å². The molecule has 16 aromatic rings. The van der Waals surface area contributed by atoms with Crippen molar-refractivity contribution in [2.24, 2.45) is 0 Å². The molecule has 0 unspecified atom stereocenters. The second-order valence-corrected chi connectivity index (χ2v) is 34.0. The lowest BCUT2D eigenvalue weighted by atomic mass is 10.1. The van der Waals surface area contributed by atoms with Crippen LogP contribution in [0.15, 0.2) is 286 Å². The normalized spacial score (nSPS) is 11.1. The van der Waals surface area contributed by atoms with Crippen LogP contribution in [0, 0.1) is 34.6 Å². The van der Waals surface area contributed by atoms with E-state index in [2.05, 4.69) is 66.1 Å². The Kier molecular flexibility index (Phi) is 35.4. The third kappa shape index (κ3) is 28.2. The molecule has 4 N–H and O–H groups in total. The third-order valence-electron chi connectivity index (χ3n) is 20.8. The maximum atomic E-state index is 13.7. The predicted octanol–water partition coefficient (Wildman–Crippen LogP) is 28.0. The molecule has 0 aliphatic carbocycles. The standard InChI is InChI=1S/C27H17ClF6N4O2.C20H15ClF3N3O.C20H17ClN2O3.C19H13ClF3N3O.C18H13ClN2O2S/c1-14-17(7-10-22(36-14)26(29,30)31)24(39)38(25(40)18-8-11-23(27(32,33)34)37-15(18)2)16-6-9-20(28)19(13-16)21-5-3-4-12-35-21;1-11-4-3-9-25-18(11)15-10-13(5-7-16(15)21)27-19(28)14-6-8-17(20(22,23)24)26-12(14)2;1-25-15-9-13(10-16(12-15)26-2)20(24)23-14-6-7-18(21)17(11-14)19-5-3-4-8-22-19;1-11-13(6-8-17(25-11)19(21,22)23)18(27)26-12-5-7-15(20)14(10-12)16-4-2-3-9-24-16;1-11(22)16-7-8-17(24-16)18(23)21-12-5-6-14(19)13(10-12)15-4-2-3-9-20-15/h3-13H,1-2H3;3-10H,1-2H3,(H,27,28);3-12H,1-2H3,(H,23,24);2-10H,1H3,(H,26,27);2-10H,1H3,(H,21,23). The first kappa shape index (κ1) is 108. The molecule has 0 bridgehead atoms. The molecule has 0 atom stereocenters. The summed E-state index contributed by atoms with van der Waals surface area (Å²) in [6.07, 6.45) is -10.6. The van der Waals surface area contributed by atoms with Crippen LogP contribution in [0.25, 0.3) is 56.3 Å². The molecule has 16 rings (SSSR count). The van der Waals surface area contributed by atoms with Gasteiger partial charge in [-0.2, -0.15) is 52.7 Å². The number of carbonyl (C=O) groups excluding carboxylic acids is 7. The third-order valence-corrected chi connectivity index (χ3v) is 23.6. The van der Waals surface area contributed by atoms with Crippen molar-refractivity contribution in [3.8, 4) is 67.8 Å². The van der Waals surface area contributed by atoms with Crippen molar-refractivity contribution in [1.82, 2.24) is 44.9 Å². The Hall–Kier alpha value is -15.7. The number of imide groups is 1. The number of benzene rings is 6. The zero-order valence-corrected chi connectivity index (χ0v) is 81.2.